The maximum atomic E-state index is 14.2. The number of phenolic OH excluding ortho intramolecular Hbond substituents is 1. The van der Waals surface area contributed by atoms with E-state index in [1.165, 1.54) is 24.4 Å². The van der Waals surface area contributed by atoms with E-state index in [0.29, 0.717) is 37.2 Å². The maximum absolute atomic E-state index is 14.2. The Kier molecular flexibility index (Phi) is 9.31. The largest absolute Gasteiger partial charge is 0.508 e. The van der Waals surface area contributed by atoms with Crippen LogP contribution in [0.5, 0.6) is 11.6 Å². The van der Waals surface area contributed by atoms with Gasteiger partial charge in [-0.2, -0.15) is 0 Å². The molecule has 9 nitrogen and oxygen atoms in total. The normalized spacial score (nSPS) is 16.4. The average Bonchev–Trinajstić information content (AvgIpc) is 3.83. The number of hydrogen-bond acceptors (Lipinski definition) is 7. The van der Waals surface area contributed by atoms with Crippen LogP contribution in [-0.4, -0.2) is 64.2 Å². The smallest absolute Gasteiger partial charge is 0.303 e. The van der Waals surface area contributed by atoms with Crippen molar-refractivity contribution >= 4 is 23.4 Å². The maximum Gasteiger partial charge on any atom is 0.303 e. The summed E-state index contributed by atoms with van der Waals surface area (Å²) in [6.45, 7) is 3.30. The molecule has 0 spiro atoms. The molecule has 0 radical (unpaired) electrons. The molecule has 0 bridgehead atoms. The molecular weight excluding hydrogens is 570 g/mol. The summed E-state index contributed by atoms with van der Waals surface area (Å²) >= 11 is 0. The zero-order chi connectivity index (χ0) is 31.4. The first-order valence-electron chi connectivity index (χ1n) is 15.0. The van der Waals surface area contributed by atoms with E-state index in [4.69, 9.17) is 4.74 Å². The number of ether oxygens (including phenoxy) is 1. The highest BCUT2D eigenvalue weighted by Gasteiger charge is 2.35. The minimum absolute atomic E-state index is 0.0265. The molecule has 44 heavy (non-hydrogen) atoms. The number of aromatic hydroxyl groups is 1. The van der Waals surface area contributed by atoms with E-state index in [1.807, 2.05) is 17.0 Å². The second-order valence-corrected chi connectivity index (χ2v) is 12.1. The number of anilines is 2. The quantitative estimate of drug-likeness (QED) is 0.255. The number of aliphatic carboxylic acids is 1. The van der Waals surface area contributed by atoms with Crippen LogP contribution in [0.1, 0.15) is 66.4 Å². The number of aryl methyl sites for hydroxylation is 1. The average molecular weight is 609 g/mol. The fraction of sp³-hybridized carbons (Fsp3) is 0.455. The number of carboxylic acids is 1. The molecule has 2 aromatic heterocycles. The number of rotatable bonds is 12. The molecule has 1 unspecified atom stereocenters. The van der Waals surface area contributed by atoms with Gasteiger partial charge in [0.05, 0.1) is 30.8 Å². The van der Waals surface area contributed by atoms with Crippen LogP contribution in [0.2, 0.25) is 0 Å². The van der Waals surface area contributed by atoms with Crippen LogP contribution in [0, 0.1) is 18.8 Å². The van der Waals surface area contributed by atoms with Gasteiger partial charge in [-0.15, -0.1) is 0 Å². The van der Waals surface area contributed by atoms with Crippen molar-refractivity contribution < 1.29 is 33.3 Å². The molecule has 3 heterocycles. The number of carbonyl (C=O) groups excluding carboxylic acids is 1. The SMILES string of the molecule is Cc1ccnc(N(CC(C)(F)F)C(=O)c2ccc(O)cc2N2CCC(COc3cc(C(CC(=O)O)C4CC4)ccn3)CC2)c1. The van der Waals surface area contributed by atoms with Gasteiger partial charge in [0.25, 0.3) is 11.8 Å². The van der Waals surface area contributed by atoms with Gasteiger partial charge in [0, 0.05) is 44.5 Å². The van der Waals surface area contributed by atoms with Gasteiger partial charge in [-0.25, -0.2) is 18.7 Å². The monoisotopic (exact) mass is 608 g/mol. The number of benzene rings is 1. The first-order chi connectivity index (χ1) is 21.0. The van der Waals surface area contributed by atoms with Gasteiger partial charge in [0.1, 0.15) is 11.6 Å². The van der Waals surface area contributed by atoms with Crippen LogP contribution >= 0.6 is 0 Å². The Morgan fingerprint density at radius 1 is 1.07 bits per heavy atom. The molecule has 2 aliphatic rings. The van der Waals surface area contributed by atoms with Crippen LogP contribution in [0.25, 0.3) is 0 Å². The lowest BCUT2D eigenvalue weighted by molar-refractivity contribution is -0.137. The van der Waals surface area contributed by atoms with Crippen molar-refractivity contribution in [3.63, 3.8) is 0 Å². The van der Waals surface area contributed by atoms with Gasteiger partial charge < -0.3 is 19.8 Å². The highest BCUT2D eigenvalue weighted by Crippen LogP contribution is 2.45. The number of hydrogen-bond donors (Lipinski definition) is 2. The van der Waals surface area contributed by atoms with Crippen molar-refractivity contribution in [2.24, 2.45) is 11.8 Å². The van der Waals surface area contributed by atoms with Gasteiger partial charge in [0.15, 0.2) is 0 Å². The number of amides is 1. The van der Waals surface area contributed by atoms with E-state index >= 15 is 0 Å². The molecule has 1 atom stereocenters. The Hall–Kier alpha value is -4.28. The molecular formula is C33H38F2N4O5. The van der Waals surface area contributed by atoms with Crippen LogP contribution in [0.4, 0.5) is 20.3 Å². The van der Waals surface area contributed by atoms with Crippen LogP contribution in [-0.2, 0) is 4.79 Å². The Balaban J connectivity index is 1.26. The molecule has 1 saturated carbocycles. The van der Waals surface area contributed by atoms with Crippen molar-refractivity contribution in [2.75, 3.05) is 36.0 Å². The first-order valence-corrected chi connectivity index (χ1v) is 15.0. The Bertz CT molecular complexity index is 1480. The van der Waals surface area contributed by atoms with Crippen molar-refractivity contribution in [1.29, 1.82) is 0 Å². The molecule has 3 aromatic rings. The second-order valence-electron chi connectivity index (χ2n) is 12.1. The Labute approximate surface area is 255 Å². The van der Waals surface area contributed by atoms with Gasteiger partial charge in [0.2, 0.25) is 5.88 Å². The number of aromatic nitrogens is 2. The van der Waals surface area contributed by atoms with E-state index in [2.05, 4.69) is 9.97 Å². The van der Waals surface area contributed by atoms with Crippen LogP contribution in [0.15, 0.2) is 54.9 Å². The first kappa shape index (κ1) is 31.2. The summed E-state index contributed by atoms with van der Waals surface area (Å²) in [5.41, 5.74) is 2.40. The number of nitrogens with zero attached hydrogens (tertiary/aromatic N) is 4. The molecule has 1 aliphatic carbocycles. The van der Waals surface area contributed by atoms with Crippen LogP contribution < -0.4 is 14.5 Å². The number of halogens is 2. The lowest BCUT2D eigenvalue weighted by atomic mass is 9.92. The molecule has 1 aliphatic heterocycles. The van der Waals surface area contributed by atoms with E-state index in [-0.39, 0.29) is 35.4 Å². The summed E-state index contributed by atoms with van der Waals surface area (Å²) in [6, 6.07) is 11.4. The third-order valence-corrected chi connectivity index (χ3v) is 8.26. The van der Waals surface area contributed by atoms with Crippen molar-refractivity contribution in [2.45, 2.75) is 57.8 Å². The number of carboxylic acid groups (broad SMARTS) is 1. The molecule has 5 rings (SSSR count). The zero-order valence-corrected chi connectivity index (χ0v) is 25.0. The van der Waals surface area contributed by atoms with Crippen LogP contribution in [0.3, 0.4) is 0 Å². The summed E-state index contributed by atoms with van der Waals surface area (Å²) < 4.78 is 34.5. The molecule has 2 N–H and O–H groups in total. The number of alkyl halides is 2. The third-order valence-electron chi connectivity index (χ3n) is 8.26. The minimum atomic E-state index is -3.15. The molecule has 2 fully saturated rings. The number of carbonyl (C=O) groups is 2. The molecule has 1 amide bonds. The number of phenols is 1. The predicted octanol–water partition coefficient (Wildman–Crippen LogP) is 6.06. The summed E-state index contributed by atoms with van der Waals surface area (Å²) in [5.74, 6) is -3.45. The highest BCUT2D eigenvalue weighted by molar-refractivity contribution is 6.09. The summed E-state index contributed by atoms with van der Waals surface area (Å²) in [7, 11) is 0. The lowest BCUT2D eigenvalue weighted by Crippen LogP contribution is -2.42. The molecule has 1 saturated heterocycles. The lowest BCUT2D eigenvalue weighted by Gasteiger charge is -2.35. The topological polar surface area (TPSA) is 116 Å². The number of piperidine rings is 1. The molecule has 1 aromatic carbocycles. The van der Waals surface area contributed by atoms with Gasteiger partial charge >= 0.3 is 5.97 Å². The zero-order valence-electron chi connectivity index (χ0n) is 25.0. The minimum Gasteiger partial charge on any atom is -0.508 e. The standard InChI is InChI=1S/C33H38F2N4O5/c1-21-7-11-36-29(15-21)39(20-33(2,34)35)32(43)26-6-5-25(40)17-28(26)38-13-9-22(10-14-38)19-44-30-16-24(8-12-37-30)27(18-31(41)42)23-3-4-23/h5-8,11-12,15-17,22-23,27,40H,3-4,9-10,13-14,18-20H2,1-2H3,(H,41,42). The number of pyridine rings is 2. The van der Waals surface area contributed by atoms with Crippen molar-refractivity contribution in [1.82, 2.24) is 9.97 Å². The molecule has 11 heteroatoms. The van der Waals surface area contributed by atoms with Crippen molar-refractivity contribution in [3.05, 3.63) is 71.5 Å². The highest BCUT2D eigenvalue weighted by atomic mass is 19.3. The summed E-state index contributed by atoms with van der Waals surface area (Å²) in [6.07, 6.45) is 6.78. The Morgan fingerprint density at radius 3 is 2.45 bits per heavy atom. The van der Waals surface area contributed by atoms with Gasteiger partial charge in [-0.3, -0.25) is 14.5 Å². The molecule has 234 valence electrons. The summed E-state index contributed by atoms with van der Waals surface area (Å²) in [5, 5.41) is 19.6. The Morgan fingerprint density at radius 2 is 1.80 bits per heavy atom. The predicted molar refractivity (Wildman–Crippen MR) is 162 cm³/mol. The van der Waals surface area contributed by atoms with E-state index in [0.717, 1.165) is 48.6 Å². The second kappa shape index (κ2) is 13.2. The van der Waals surface area contributed by atoms with E-state index < -0.39 is 24.3 Å². The van der Waals surface area contributed by atoms with E-state index in [1.54, 1.807) is 25.3 Å². The van der Waals surface area contributed by atoms with Gasteiger partial charge in [-0.1, -0.05) is 0 Å². The van der Waals surface area contributed by atoms with E-state index in [9.17, 15) is 28.6 Å². The van der Waals surface area contributed by atoms with Crippen molar-refractivity contribution in [3.8, 4) is 11.6 Å². The fourth-order valence-electron chi connectivity index (χ4n) is 5.83. The van der Waals surface area contributed by atoms with Gasteiger partial charge in [-0.05, 0) is 91.8 Å². The third kappa shape index (κ3) is 8.00. The summed E-state index contributed by atoms with van der Waals surface area (Å²) in [4.78, 5) is 36.7. The fourth-order valence-corrected chi connectivity index (χ4v) is 5.83.